The molecule has 0 aliphatic carbocycles. The number of benzene rings is 2. The molecule has 31 heavy (non-hydrogen) atoms. The first-order valence-electron chi connectivity index (χ1n) is 10.8. The van der Waals surface area contributed by atoms with E-state index in [9.17, 15) is 9.59 Å². The summed E-state index contributed by atoms with van der Waals surface area (Å²) in [5.74, 6) is 0.0695. The van der Waals surface area contributed by atoms with Crippen molar-refractivity contribution in [2.24, 2.45) is 0 Å². The Morgan fingerprint density at radius 2 is 1.68 bits per heavy atom. The van der Waals surface area contributed by atoms with Gasteiger partial charge in [0.2, 0.25) is 0 Å². The van der Waals surface area contributed by atoms with Gasteiger partial charge in [-0.1, -0.05) is 0 Å². The van der Waals surface area contributed by atoms with Crippen molar-refractivity contribution in [2.75, 3.05) is 26.7 Å². The number of rotatable bonds is 11. The zero-order valence-corrected chi connectivity index (χ0v) is 21.2. The first kappa shape index (κ1) is 25.1. The quantitative estimate of drug-likeness (QED) is 0.251. The van der Waals surface area contributed by atoms with Crippen LogP contribution in [0, 0.1) is 0 Å². The van der Waals surface area contributed by atoms with Crippen molar-refractivity contribution in [1.82, 2.24) is 9.80 Å². The van der Waals surface area contributed by atoms with E-state index in [0.717, 1.165) is 36.2 Å². The second kappa shape index (κ2) is 12.6. The molecule has 0 radical (unpaired) electrons. The van der Waals surface area contributed by atoms with Gasteiger partial charge in [0.15, 0.2) is 0 Å². The number of hydrogen-bond acceptors (Lipinski definition) is 2. The van der Waals surface area contributed by atoms with Gasteiger partial charge in [-0.2, -0.15) is 0 Å². The van der Waals surface area contributed by atoms with E-state index in [1.54, 1.807) is 4.90 Å². The SMILES string of the molecule is C=CC(=O)N(C)CC(C)[I-]C(C)CCN(CC)C(=O)c1ccccc1-c1ccccc1. The number of nitrogens with zero attached hydrogens (tertiary/aromatic N) is 2. The molecule has 2 rings (SSSR count). The zero-order valence-electron chi connectivity index (χ0n) is 19.1. The Kier molecular flexibility index (Phi) is 10.2. The first-order chi connectivity index (χ1) is 14.9. The number of alkyl halides is 2. The van der Waals surface area contributed by atoms with Gasteiger partial charge < -0.3 is 0 Å². The number of amides is 2. The summed E-state index contributed by atoms with van der Waals surface area (Å²) in [5, 5.41) is 0. The van der Waals surface area contributed by atoms with Crippen LogP contribution in [0.15, 0.2) is 67.3 Å². The summed E-state index contributed by atoms with van der Waals surface area (Å²) in [6.07, 6.45) is 2.36. The van der Waals surface area contributed by atoms with Crippen LogP contribution >= 0.6 is 0 Å². The monoisotopic (exact) mass is 533 g/mol. The molecule has 0 saturated heterocycles. The van der Waals surface area contributed by atoms with Crippen LogP contribution in [-0.4, -0.2) is 56.1 Å². The van der Waals surface area contributed by atoms with Crippen LogP contribution in [0.2, 0.25) is 0 Å². The van der Waals surface area contributed by atoms with Gasteiger partial charge >= 0.3 is 198 Å². The zero-order chi connectivity index (χ0) is 22.8. The topological polar surface area (TPSA) is 40.6 Å². The van der Waals surface area contributed by atoms with Crippen LogP contribution in [0.5, 0.6) is 0 Å². The van der Waals surface area contributed by atoms with E-state index in [-0.39, 0.29) is 33.0 Å². The van der Waals surface area contributed by atoms with Crippen LogP contribution in [-0.2, 0) is 4.79 Å². The van der Waals surface area contributed by atoms with Crippen molar-refractivity contribution in [3.05, 3.63) is 72.8 Å². The predicted octanol–water partition coefficient (Wildman–Crippen LogP) is 1.72. The molecule has 0 heterocycles. The number of likely N-dealkylation sites (N-methyl/N-ethyl adjacent to an activating group) is 1. The molecule has 2 amide bonds. The molecule has 168 valence electrons. The Labute approximate surface area is 197 Å². The van der Waals surface area contributed by atoms with Gasteiger partial charge in [0, 0.05) is 0 Å². The van der Waals surface area contributed by atoms with E-state index in [4.69, 9.17) is 0 Å². The Balaban J connectivity index is 1.98. The number of halogens is 1. The molecule has 0 N–H and O–H groups in total. The summed E-state index contributed by atoms with van der Waals surface area (Å²) in [6, 6.07) is 18.0. The Morgan fingerprint density at radius 1 is 1.03 bits per heavy atom. The fourth-order valence-electron chi connectivity index (χ4n) is 3.54. The molecule has 0 fully saturated rings. The number of carbonyl (C=O) groups is 2. The summed E-state index contributed by atoms with van der Waals surface area (Å²) in [4.78, 5) is 28.7. The minimum absolute atomic E-state index is 0.0247. The maximum absolute atomic E-state index is 13.3. The average Bonchev–Trinajstić information content (AvgIpc) is 2.79. The van der Waals surface area contributed by atoms with Crippen LogP contribution in [0.3, 0.4) is 0 Å². The van der Waals surface area contributed by atoms with Crippen molar-refractivity contribution in [3.8, 4) is 11.1 Å². The molecule has 0 aliphatic rings. The molecule has 2 unspecified atom stereocenters. The van der Waals surface area contributed by atoms with Crippen LogP contribution in [0.4, 0.5) is 0 Å². The molecule has 4 nitrogen and oxygen atoms in total. The maximum atomic E-state index is 13.3. The molecular weight excluding hydrogens is 499 g/mol. The summed E-state index contributed by atoms with van der Waals surface area (Å²) < 4.78 is 1.08. The van der Waals surface area contributed by atoms with E-state index in [2.05, 4.69) is 20.4 Å². The third-order valence-corrected chi connectivity index (χ3v) is 8.69. The minimum atomic E-state index is -0.0867. The second-order valence-electron chi connectivity index (χ2n) is 7.70. The number of carbonyl (C=O) groups excluding carboxylic acids is 2. The van der Waals surface area contributed by atoms with Crippen molar-refractivity contribution < 1.29 is 30.8 Å². The van der Waals surface area contributed by atoms with Gasteiger partial charge in [-0.05, 0) is 0 Å². The second-order valence-corrected chi connectivity index (χ2v) is 12.7. The van der Waals surface area contributed by atoms with Gasteiger partial charge in [0.25, 0.3) is 0 Å². The molecule has 0 aliphatic heterocycles. The summed E-state index contributed by atoms with van der Waals surface area (Å²) in [5.41, 5.74) is 2.81. The van der Waals surface area contributed by atoms with Crippen LogP contribution in [0.1, 0.15) is 37.6 Å². The molecule has 0 aromatic heterocycles. The van der Waals surface area contributed by atoms with E-state index in [1.165, 1.54) is 6.08 Å². The van der Waals surface area contributed by atoms with Gasteiger partial charge in [-0.25, -0.2) is 0 Å². The normalized spacial score (nSPS) is 12.8. The van der Waals surface area contributed by atoms with Crippen LogP contribution < -0.4 is 21.2 Å². The molecule has 2 aromatic carbocycles. The fourth-order valence-corrected chi connectivity index (χ4v) is 7.09. The van der Waals surface area contributed by atoms with Gasteiger partial charge in [-0.3, -0.25) is 0 Å². The fraction of sp³-hybridized carbons (Fsp3) is 0.385. The predicted molar refractivity (Wildman–Crippen MR) is 125 cm³/mol. The Hall–Kier alpha value is -2.15. The van der Waals surface area contributed by atoms with Crippen molar-refractivity contribution in [3.63, 3.8) is 0 Å². The van der Waals surface area contributed by atoms with Gasteiger partial charge in [-0.15, -0.1) is 0 Å². The summed E-state index contributed by atoms with van der Waals surface area (Å²) in [7, 11) is 1.83. The molecule has 2 atom stereocenters. The molecule has 0 saturated carbocycles. The van der Waals surface area contributed by atoms with E-state index < -0.39 is 0 Å². The third-order valence-electron chi connectivity index (χ3n) is 5.21. The molecule has 2 aromatic rings. The molecule has 5 heteroatoms. The Bertz CT molecular complexity index is 869. The third kappa shape index (κ3) is 7.49. The van der Waals surface area contributed by atoms with E-state index >= 15 is 0 Å². The molecule has 0 spiro atoms. The first-order valence-corrected chi connectivity index (χ1v) is 13.3. The summed E-state index contributed by atoms with van der Waals surface area (Å²) in [6.45, 7) is 12.3. The van der Waals surface area contributed by atoms with Crippen molar-refractivity contribution >= 4 is 11.8 Å². The molecule has 0 bridgehead atoms. The Morgan fingerprint density at radius 3 is 2.32 bits per heavy atom. The van der Waals surface area contributed by atoms with Crippen molar-refractivity contribution in [2.45, 2.75) is 35.0 Å². The summed E-state index contributed by atoms with van der Waals surface area (Å²) >= 11 is -0.0867. The van der Waals surface area contributed by atoms with Gasteiger partial charge in [0.1, 0.15) is 0 Å². The standard InChI is InChI=1S/C26H34IN2O2/c1-6-25(30)28(5)19-21(4)27-20(3)17-18-29(7-2)26(31)24-16-12-11-15-23(24)22-13-9-8-10-14-22/h6,8-16,20-21H,1,7,17-19H2,2-5H3/q-1. The van der Waals surface area contributed by atoms with E-state index in [1.807, 2.05) is 73.5 Å². The average molecular weight is 533 g/mol. The number of hydrogen-bond donors (Lipinski definition) is 0. The van der Waals surface area contributed by atoms with Gasteiger partial charge in [0.05, 0.1) is 0 Å². The van der Waals surface area contributed by atoms with Crippen molar-refractivity contribution in [1.29, 1.82) is 0 Å². The van der Waals surface area contributed by atoms with E-state index in [0.29, 0.717) is 14.4 Å². The van der Waals surface area contributed by atoms with Crippen LogP contribution in [0.25, 0.3) is 11.1 Å². The molecular formula is C26H34IN2O2-.